The Labute approximate surface area is 112 Å². The molecule has 0 unspecified atom stereocenters. The molecule has 3 aromatic rings. The zero-order valence-electron chi connectivity index (χ0n) is 11.2. The molecule has 0 saturated carbocycles. The van der Waals surface area contributed by atoms with Crippen molar-refractivity contribution in [2.45, 2.75) is 20.4 Å². The molecule has 0 aliphatic rings. The van der Waals surface area contributed by atoms with Crippen LogP contribution in [-0.2, 0) is 6.54 Å². The van der Waals surface area contributed by atoms with E-state index < -0.39 is 0 Å². The van der Waals surface area contributed by atoms with Gasteiger partial charge in [-0.15, -0.1) is 0 Å². The highest BCUT2D eigenvalue weighted by molar-refractivity contribution is 5.90. The van der Waals surface area contributed by atoms with Crippen LogP contribution in [0, 0.1) is 6.92 Å². The molecule has 0 aliphatic heterocycles. The number of hydrogen-bond donors (Lipinski definition) is 1. The van der Waals surface area contributed by atoms with Gasteiger partial charge in [-0.2, -0.15) is 0 Å². The van der Waals surface area contributed by atoms with Crippen molar-refractivity contribution in [1.29, 1.82) is 0 Å². The lowest BCUT2D eigenvalue weighted by molar-refractivity contribution is 0.796. The average molecular weight is 251 g/mol. The fourth-order valence-corrected chi connectivity index (χ4v) is 2.49. The number of hydrogen-bond acceptors (Lipinski definition) is 2. The molecule has 19 heavy (non-hydrogen) atoms. The summed E-state index contributed by atoms with van der Waals surface area (Å²) in [6.07, 6.45) is 0. The summed E-state index contributed by atoms with van der Waals surface area (Å²) >= 11 is 0. The van der Waals surface area contributed by atoms with Crippen LogP contribution in [0.1, 0.15) is 12.5 Å². The average Bonchev–Trinajstić information content (AvgIpc) is 2.79. The van der Waals surface area contributed by atoms with Crippen molar-refractivity contribution in [2.24, 2.45) is 0 Å². The molecule has 0 bridgehead atoms. The van der Waals surface area contributed by atoms with Crippen molar-refractivity contribution < 1.29 is 0 Å². The Morgan fingerprint density at radius 1 is 1.16 bits per heavy atom. The fourth-order valence-electron chi connectivity index (χ4n) is 2.49. The highest BCUT2D eigenvalue weighted by Crippen LogP contribution is 2.28. The normalized spacial score (nSPS) is 11.1. The fraction of sp³-hybridized carbons (Fsp3) is 0.188. The van der Waals surface area contributed by atoms with Gasteiger partial charge in [0.2, 0.25) is 0 Å². The molecule has 2 N–H and O–H groups in total. The third-order valence-electron chi connectivity index (χ3n) is 3.40. The van der Waals surface area contributed by atoms with Gasteiger partial charge in [0.25, 0.3) is 0 Å². The third-order valence-corrected chi connectivity index (χ3v) is 3.40. The Kier molecular flexibility index (Phi) is 2.75. The monoisotopic (exact) mass is 251 g/mol. The lowest BCUT2D eigenvalue weighted by Gasteiger charge is -2.06. The molecular weight excluding hydrogens is 234 g/mol. The van der Waals surface area contributed by atoms with Gasteiger partial charge < -0.3 is 10.3 Å². The molecule has 1 aromatic heterocycles. The second kappa shape index (κ2) is 4.43. The lowest BCUT2D eigenvalue weighted by Crippen LogP contribution is -1.97. The number of rotatable bonds is 2. The van der Waals surface area contributed by atoms with Gasteiger partial charge in [-0.25, -0.2) is 4.98 Å². The van der Waals surface area contributed by atoms with Crippen LogP contribution < -0.4 is 5.73 Å². The van der Waals surface area contributed by atoms with Crippen molar-refractivity contribution in [3.63, 3.8) is 0 Å². The minimum atomic E-state index is 0.735. The molecule has 3 nitrogen and oxygen atoms in total. The van der Waals surface area contributed by atoms with E-state index in [0.717, 1.165) is 34.7 Å². The standard InChI is InChI=1S/C16H17N3/c1-3-19-14-9-5-8-13(17)15(14)18-16(19)12-7-4-6-11(2)10-12/h4-10H,3,17H2,1-2H3. The first-order valence-electron chi connectivity index (χ1n) is 6.52. The number of para-hydroxylation sites is 1. The van der Waals surface area contributed by atoms with E-state index in [0.29, 0.717) is 0 Å². The molecule has 0 atom stereocenters. The van der Waals surface area contributed by atoms with Gasteiger partial charge in [-0.3, -0.25) is 0 Å². The van der Waals surface area contributed by atoms with Crippen LogP contribution in [0.25, 0.3) is 22.4 Å². The van der Waals surface area contributed by atoms with Crippen molar-refractivity contribution in [1.82, 2.24) is 9.55 Å². The molecule has 0 spiro atoms. The number of nitrogens with two attached hydrogens (primary N) is 1. The number of aryl methyl sites for hydroxylation is 2. The molecule has 1 heterocycles. The summed E-state index contributed by atoms with van der Waals surface area (Å²) in [6, 6.07) is 14.4. The van der Waals surface area contributed by atoms with Crippen LogP contribution in [0.5, 0.6) is 0 Å². The minimum Gasteiger partial charge on any atom is -0.397 e. The Bertz CT molecular complexity index is 741. The van der Waals surface area contributed by atoms with Gasteiger partial charge in [0.15, 0.2) is 0 Å². The first-order chi connectivity index (χ1) is 9.20. The maximum absolute atomic E-state index is 6.03. The number of fused-ring (bicyclic) bond motifs is 1. The first-order valence-corrected chi connectivity index (χ1v) is 6.52. The largest absolute Gasteiger partial charge is 0.397 e. The predicted molar refractivity (Wildman–Crippen MR) is 80.0 cm³/mol. The number of nitrogen functional groups attached to an aromatic ring is 1. The van der Waals surface area contributed by atoms with Crippen LogP contribution in [0.4, 0.5) is 5.69 Å². The van der Waals surface area contributed by atoms with E-state index in [1.807, 2.05) is 12.1 Å². The number of imidazole rings is 1. The summed E-state index contributed by atoms with van der Waals surface area (Å²) in [4.78, 5) is 4.73. The van der Waals surface area contributed by atoms with E-state index in [2.05, 4.69) is 48.7 Å². The van der Waals surface area contributed by atoms with Crippen molar-refractivity contribution in [3.8, 4) is 11.4 Å². The van der Waals surface area contributed by atoms with E-state index in [1.54, 1.807) is 0 Å². The second-order valence-electron chi connectivity index (χ2n) is 4.76. The predicted octanol–water partition coefficient (Wildman–Crippen LogP) is 3.61. The molecule has 2 aromatic carbocycles. The van der Waals surface area contributed by atoms with Gasteiger partial charge in [-0.05, 0) is 32.0 Å². The van der Waals surface area contributed by atoms with E-state index >= 15 is 0 Å². The Balaban J connectivity index is 2.32. The van der Waals surface area contributed by atoms with Crippen LogP contribution in [0.2, 0.25) is 0 Å². The smallest absolute Gasteiger partial charge is 0.141 e. The number of benzene rings is 2. The SMILES string of the molecule is CCn1c(-c2cccc(C)c2)nc2c(N)cccc21. The Morgan fingerprint density at radius 3 is 2.68 bits per heavy atom. The summed E-state index contributed by atoms with van der Waals surface area (Å²) in [7, 11) is 0. The summed E-state index contributed by atoms with van der Waals surface area (Å²) in [5.74, 6) is 0.985. The van der Waals surface area contributed by atoms with E-state index in [9.17, 15) is 0 Å². The summed E-state index contributed by atoms with van der Waals surface area (Å²) in [6.45, 7) is 5.10. The zero-order chi connectivity index (χ0) is 13.4. The van der Waals surface area contributed by atoms with Crippen molar-refractivity contribution in [3.05, 3.63) is 48.0 Å². The van der Waals surface area contributed by atoms with Crippen molar-refractivity contribution >= 4 is 16.7 Å². The molecule has 3 rings (SSSR count). The maximum atomic E-state index is 6.03. The summed E-state index contributed by atoms with van der Waals surface area (Å²) in [5, 5.41) is 0. The van der Waals surface area contributed by atoms with E-state index in [-0.39, 0.29) is 0 Å². The molecule has 0 saturated heterocycles. The van der Waals surface area contributed by atoms with Crippen LogP contribution >= 0.6 is 0 Å². The highest BCUT2D eigenvalue weighted by atomic mass is 15.1. The van der Waals surface area contributed by atoms with E-state index in [1.165, 1.54) is 5.56 Å². The number of anilines is 1. The van der Waals surface area contributed by atoms with Crippen LogP contribution in [-0.4, -0.2) is 9.55 Å². The quantitative estimate of drug-likeness (QED) is 0.707. The number of aromatic nitrogens is 2. The van der Waals surface area contributed by atoms with Crippen LogP contribution in [0.3, 0.4) is 0 Å². The van der Waals surface area contributed by atoms with Crippen molar-refractivity contribution in [2.75, 3.05) is 5.73 Å². The molecule has 0 radical (unpaired) electrons. The van der Waals surface area contributed by atoms with Gasteiger partial charge in [0.1, 0.15) is 11.3 Å². The Morgan fingerprint density at radius 2 is 1.95 bits per heavy atom. The van der Waals surface area contributed by atoms with Gasteiger partial charge in [0.05, 0.1) is 11.2 Å². The number of nitrogens with zero attached hydrogens (tertiary/aromatic N) is 2. The summed E-state index contributed by atoms with van der Waals surface area (Å²) in [5.41, 5.74) is 11.1. The lowest BCUT2D eigenvalue weighted by atomic mass is 10.1. The highest BCUT2D eigenvalue weighted by Gasteiger charge is 2.12. The van der Waals surface area contributed by atoms with Gasteiger partial charge >= 0.3 is 0 Å². The molecular formula is C16H17N3. The molecule has 0 fully saturated rings. The third kappa shape index (κ3) is 1.87. The van der Waals surface area contributed by atoms with Gasteiger partial charge in [-0.1, -0.05) is 29.8 Å². The first kappa shape index (κ1) is 11.8. The minimum absolute atomic E-state index is 0.735. The second-order valence-corrected chi connectivity index (χ2v) is 4.76. The molecule has 0 amide bonds. The van der Waals surface area contributed by atoms with E-state index in [4.69, 9.17) is 10.7 Å². The summed E-state index contributed by atoms with van der Waals surface area (Å²) < 4.78 is 2.21. The van der Waals surface area contributed by atoms with Gasteiger partial charge in [0, 0.05) is 12.1 Å². The van der Waals surface area contributed by atoms with Crippen LogP contribution in [0.15, 0.2) is 42.5 Å². The zero-order valence-corrected chi connectivity index (χ0v) is 11.2. The topological polar surface area (TPSA) is 43.8 Å². The Hall–Kier alpha value is -2.29. The molecule has 3 heteroatoms. The molecule has 0 aliphatic carbocycles. The molecule has 96 valence electrons. The maximum Gasteiger partial charge on any atom is 0.141 e.